The van der Waals surface area contributed by atoms with E-state index in [-0.39, 0.29) is 27.6 Å². The van der Waals surface area contributed by atoms with E-state index >= 15 is 0 Å². The Morgan fingerprint density at radius 2 is 1.79 bits per heavy atom. The number of alkyl halides is 3. The van der Waals surface area contributed by atoms with Crippen LogP contribution in [0.15, 0.2) is 41.3 Å². The number of sulfonamides is 1. The van der Waals surface area contributed by atoms with Gasteiger partial charge in [0.25, 0.3) is 5.91 Å². The van der Waals surface area contributed by atoms with Gasteiger partial charge in [0.15, 0.2) is 0 Å². The van der Waals surface area contributed by atoms with Gasteiger partial charge in [0.1, 0.15) is 5.82 Å². The Labute approximate surface area is 194 Å². The third-order valence-corrected chi connectivity index (χ3v) is 7.87. The maximum absolute atomic E-state index is 14.4. The molecule has 0 bridgehead atoms. The second-order valence-electron chi connectivity index (χ2n) is 8.28. The number of rotatable bonds is 5. The Hall–Kier alpha value is -2.17. The van der Waals surface area contributed by atoms with Crippen LogP contribution in [0.4, 0.5) is 23.2 Å². The fraction of sp³-hybridized carbons (Fsp3) is 0.409. The third kappa shape index (κ3) is 5.85. The van der Waals surface area contributed by atoms with Crippen LogP contribution >= 0.6 is 11.6 Å². The quantitative estimate of drug-likeness (QED) is 0.499. The first-order chi connectivity index (χ1) is 15.3. The number of anilines is 1. The highest BCUT2D eigenvalue weighted by Gasteiger charge is 2.32. The molecule has 11 heteroatoms. The van der Waals surface area contributed by atoms with E-state index in [1.807, 2.05) is 13.8 Å². The Kier molecular flexibility index (Phi) is 7.40. The summed E-state index contributed by atoms with van der Waals surface area (Å²) in [5.74, 6) is -1.74. The minimum absolute atomic E-state index is 0.0970. The minimum Gasteiger partial charge on any atom is -0.321 e. The lowest BCUT2D eigenvalue weighted by Crippen LogP contribution is -2.43. The molecule has 3 unspecified atom stereocenters. The molecule has 1 fully saturated rings. The number of nitrogens with one attached hydrogen (secondary N) is 2. The summed E-state index contributed by atoms with van der Waals surface area (Å²) < 4.78 is 81.7. The fourth-order valence-electron chi connectivity index (χ4n) is 3.85. The van der Waals surface area contributed by atoms with Gasteiger partial charge in [0.2, 0.25) is 10.0 Å². The average Bonchev–Trinajstić information content (AvgIpc) is 2.72. The lowest BCUT2D eigenvalue weighted by atomic mass is 9.78. The van der Waals surface area contributed by atoms with E-state index < -0.39 is 39.1 Å². The summed E-state index contributed by atoms with van der Waals surface area (Å²) >= 11 is 5.87. The van der Waals surface area contributed by atoms with Gasteiger partial charge in [0, 0.05) is 6.04 Å². The van der Waals surface area contributed by atoms with E-state index in [1.165, 1.54) is 0 Å². The lowest BCUT2D eigenvalue weighted by molar-refractivity contribution is -0.137. The first-order valence-corrected chi connectivity index (χ1v) is 12.2. The van der Waals surface area contributed by atoms with Crippen molar-refractivity contribution in [3.05, 3.63) is 58.4 Å². The van der Waals surface area contributed by atoms with Gasteiger partial charge in [-0.3, -0.25) is 4.79 Å². The number of carbonyl (C=O) groups is 1. The van der Waals surface area contributed by atoms with Gasteiger partial charge < -0.3 is 5.32 Å². The second-order valence-corrected chi connectivity index (χ2v) is 10.4. The normalized spacial score (nSPS) is 21.6. The van der Waals surface area contributed by atoms with Crippen molar-refractivity contribution in [2.75, 3.05) is 5.32 Å². The van der Waals surface area contributed by atoms with Crippen LogP contribution in [0.2, 0.25) is 5.02 Å². The molecule has 0 radical (unpaired) electrons. The van der Waals surface area contributed by atoms with E-state index in [4.69, 9.17) is 11.6 Å². The molecule has 2 N–H and O–H groups in total. The van der Waals surface area contributed by atoms with Crippen molar-refractivity contribution in [3.63, 3.8) is 0 Å². The van der Waals surface area contributed by atoms with E-state index in [0.29, 0.717) is 18.4 Å². The molecular formula is C22H23ClF4N2O3S. The summed E-state index contributed by atoms with van der Waals surface area (Å²) in [4.78, 5) is 12.3. The maximum Gasteiger partial charge on any atom is 0.416 e. The molecule has 33 heavy (non-hydrogen) atoms. The maximum atomic E-state index is 14.4. The third-order valence-electron chi connectivity index (χ3n) is 6.05. The van der Waals surface area contributed by atoms with Crippen LogP contribution in [0.1, 0.15) is 49.0 Å². The summed E-state index contributed by atoms with van der Waals surface area (Å²) in [6, 6.07) is 4.72. The summed E-state index contributed by atoms with van der Waals surface area (Å²) in [5, 5.41) is 1.93. The Morgan fingerprint density at radius 1 is 1.09 bits per heavy atom. The number of carbonyl (C=O) groups excluding carboxylic acids is 1. The van der Waals surface area contributed by atoms with Gasteiger partial charge in [0.05, 0.1) is 26.7 Å². The molecule has 5 nitrogen and oxygen atoms in total. The highest BCUT2D eigenvalue weighted by atomic mass is 35.5. The lowest BCUT2D eigenvalue weighted by Gasteiger charge is -2.34. The summed E-state index contributed by atoms with van der Waals surface area (Å²) in [7, 11) is -4.07. The molecule has 1 aliphatic rings. The first kappa shape index (κ1) is 25.5. The molecular weight excluding hydrogens is 484 g/mol. The zero-order valence-electron chi connectivity index (χ0n) is 17.8. The van der Waals surface area contributed by atoms with Crippen molar-refractivity contribution in [3.8, 4) is 0 Å². The molecule has 1 aliphatic carbocycles. The fourth-order valence-corrected chi connectivity index (χ4v) is 5.40. The minimum atomic E-state index is -4.68. The SMILES string of the molecule is CC1CCCC(NS(=O)(=O)c2ccc(F)c(C(=O)Nc3cc(C(F)(F)F)ccc3Cl)c2)C1C. The molecule has 180 valence electrons. The molecule has 0 aliphatic heterocycles. The predicted octanol–water partition coefficient (Wildman–Crippen LogP) is 5.85. The Morgan fingerprint density at radius 3 is 2.45 bits per heavy atom. The standard InChI is InChI=1S/C22H23ClF4N2O3S/c1-12-4-3-5-19(13(12)2)29-33(31,32)15-7-9-18(24)16(11-15)21(30)28-20-10-14(22(25,26)27)6-8-17(20)23/h6-13,19,29H,3-5H2,1-2H3,(H,28,30). The predicted molar refractivity (Wildman–Crippen MR) is 117 cm³/mol. The van der Waals surface area contributed by atoms with Crippen molar-refractivity contribution < 1.29 is 30.8 Å². The first-order valence-electron chi connectivity index (χ1n) is 10.3. The molecule has 0 saturated heterocycles. The molecule has 3 rings (SSSR count). The molecule has 2 aromatic carbocycles. The molecule has 0 spiro atoms. The molecule has 1 amide bonds. The van der Waals surface area contributed by atoms with Crippen LogP contribution in [0.25, 0.3) is 0 Å². The van der Waals surface area contributed by atoms with Gasteiger partial charge in [-0.2, -0.15) is 13.2 Å². The number of benzene rings is 2. The zero-order valence-corrected chi connectivity index (χ0v) is 19.4. The highest BCUT2D eigenvalue weighted by molar-refractivity contribution is 7.89. The smallest absolute Gasteiger partial charge is 0.321 e. The van der Waals surface area contributed by atoms with Crippen molar-refractivity contribution in [2.45, 2.75) is 50.2 Å². The second kappa shape index (κ2) is 9.60. The summed E-state index contributed by atoms with van der Waals surface area (Å²) in [6.45, 7) is 4.00. The monoisotopic (exact) mass is 506 g/mol. The van der Waals surface area contributed by atoms with Crippen LogP contribution in [-0.2, 0) is 16.2 Å². The largest absolute Gasteiger partial charge is 0.416 e. The Bertz CT molecular complexity index is 1150. The van der Waals surface area contributed by atoms with Crippen LogP contribution in [0, 0.1) is 17.7 Å². The topological polar surface area (TPSA) is 75.3 Å². The van der Waals surface area contributed by atoms with Crippen molar-refractivity contribution in [1.29, 1.82) is 0 Å². The Balaban J connectivity index is 1.86. The van der Waals surface area contributed by atoms with Crippen LogP contribution in [0.5, 0.6) is 0 Å². The average molecular weight is 507 g/mol. The van der Waals surface area contributed by atoms with Crippen LogP contribution < -0.4 is 10.0 Å². The van der Waals surface area contributed by atoms with Gasteiger partial charge in [-0.25, -0.2) is 17.5 Å². The number of halogens is 5. The van der Waals surface area contributed by atoms with E-state index in [0.717, 1.165) is 43.2 Å². The van der Waals surface area contributed by atoms with E-state index in [2.05, 4.69) is 10.0 Å². The van der Waals surface area contributed by atoms with Gasteiger partial charge in [-0.15, -0.1) is 0 Å². The zero-order chi connectivity index (χ0) is 24.6. The van der Waals surface area contributed by atoms with Crippen molar-refractivity contribution in [2.24, 2.45) is 11.8 Å². The van der Waals surface area contributed by atoms with Gasteiger partial charge in [-0.1, -0.05) is 38.3 Å². The van der Waals surface area contributed by atoms with E-state index in [1.54, 1.807) is 0 Å². The van der Waals surface area contributed by atoms with Gasteiger partial charge in [-0.05, 0) is 54.7 Å². The number of amides is 1. The molecule has 2 aromatic rings. The number of hydrogen-bond donors (Lipinski definition) is 2. The van der Waals surface area contributed by atoms with Gasteiger partial charge >= 0.3 is 6.18 Å². The summed E-state index contributed by atoms with van der Waals surface area (Å²) in [6.07, 6.45) is -2.15. The molecule has 1 saturated carbocycles. The van der Waals surface area contributed by atoms with Crippen LogP contribution in [0.3, 0.4) is 0 Å². The molecule has 3 atom stereocenters. The van der Waals surface area contributed by atoms with E-state index in [9.17, 15) is 30.8 Å². The highest BCUT2D eigenvalue weighted by Crippen LogP contribution is 2.34. The van der Waals surface area contributed by atoms with Crippen molar-refractivity contribution >= 4 is 33.2 Å². The van der Waals surface area contributed by atoms with Crippen LogP contribution in [-0.4, -0.2) is 20.4 Å². The number of hydrogen-bond acceptors (Lipinski definition) is 3. The molecule has 0 aromatic heterocycles. The van der Waals surface area contributed by atoms with Crippen molar-refractivity contribution in [1.82, 2.24) is 4.72 Å². The summed E-state index contributed by atoms with van der Waals surface area (Å²) in [5.41, 5.74) is -2.08. The molecule has 0 heterocycles.